The summed E-state index contributed by atoms with van der Waals surface area (Å²) in [7, 11) is 2.07. The average molecular weight is 424 g/mol. The molecular weight excluding hydrogens is 401 g/mol. The van der Waals surface area contributed by atoms with Crippen molar-refractivity contribution in [2.75, 3.05) is 38.5 Å². The van der Waals surface area contributed by atoms with Gasteiger partial charge in [-0.3, -0.25) is 10.2 Å². The number of nitrogens with one attached hydrogen (secondary N) is 1. The first-order valence-corrected chi connectivity index (χ1v) is 9.45. The number of nitrogens with zero attached hydrogens (tertiary/aromatic N) is 2. The van der Waals surface area contributed by atoms with E-state index >= 15 is 0 Å². The van der Waals surface area contributed by atoms with Crippen molar-refractivity contribution in [3.05, 3.63) is 52.4 Å². The van der Waals surface area contributed by atoms with Crippen LogP contribution >= 0.6 is 15.9 Å². The van der Waals surface area contributed by atoms with E-state index < -0.39 is 11.9 Å². The summed E-state index contributed by atoms with van der Waals surface area (Å²) in [5.41, 5.74) is 2.75. The summed E-state index contributed by atoms with van der Waals surface area (Å²) in [6.45, 7) is 7.50. The van der Waals surface area contributed by atoms with Crippen LogP contribution in [0.3, 0.4) is 0 Å². The van der Waals surface area contributed by atoms with Crippen LogP contribution in [0.5, 0.6) is 0 Å². The number of carbonyl (C=O) groups excluding carboxylic acids is 1. The minimum absolute atomic E-state index is 0.117. The molecule has 1 saturated heterocycles. The molecule has 3 rings (SSSR count). The van der Waals surface area contributed by atoms with Crippen molar-refractivity contribution in [1.82, 2.24) is 9.80 Å². The highest BCUT2D eigenvalue weighted by molar-refractivity contribution is 9.12. The van der Waals surface area contributed by atoms with E-state index in [0.29, 0.717) is 5.69 Å². The molecule has 1 fully saturated rings. The molecule has 0 radical (unpaired) electrons. The second-order valence-corrected chi connectivity index (χ2v) is 7.53. The van der Waals surface area contributed by atoms with Crippen LogP contribution < -0.4 is 5.32 Å². The van der Waals surface area contributed by atoms with E-state index in [1.807, 2.05) is 0 Å². The molecule has 26 heavy (non-hydrogen) atoms. The lowest BCUT2D eigenvalue weighted by atomic mass is 10.1. The molecule has 1 amide bonds. The van der Waals surface area contributed by atoms with Crippen LogP contribution in [-0.2, 0) is 4.74 Å². The molecule has 0 saturated carbocycles. The summed E-state index contributed by atoms with van der Waals surface area (Å²) in [6, 6.07) is 5.77. The molecule has 2 aliphatic heterocycles. The maximum atomic E-state index is 13.2. The number of ether oxygens (including phenoxy) is 1. The number of hydrogen-bond acceptors (Lipinski definition) is 4. The minimum atomic E-state index is -0.536. The van der Waals surface area contributed by atoms with Crippen molar-refractivity contribution < 1.29 is 13.9 Å². The Hall–Kier alpha value is -1.86. The van der Waals surface area contributed by atoms with E-state index in [1.54, 1.807) is 12.1 Å². The van der Waals surface area contributed by atoms with Gasteiger partial charge in [0.05, 0.1) is 0 Å². The summed E-state index contributed by atoms with van der Waals surface area (Å²) < 4.78 is 19.7. The molecule has 5 nitrogen and oxygen atoms in total. The fourth-order valence-corrected chi connectivity index (χ4v) is 3.83. The Morgan fingerprint density at radius 1 is 1.42 bits per heavy atom. The Morgan fingerprint density at radius 3 is 2.77 bits per heavy atom. The largest absolute Gasteiger partial charge is 0.446 e. The van der Waals surface area contributed by atoms with Gasteiger partial charge in [0.25, 0.3) is 0 Å². The van der Waals surface area contributed by atoms with Gasteiger partial charge in [-0.05, 0) is 52.5 Å². The second-order valence-electron chi connectivity index (χ2n) is 6.74. The van der Waals surface area contributed by atoms with Gasteiger partial charge < -0.3 is 9.64 Å². The Morgan fingerprint density at radius 2 is 2.15 bits per heavy atom. The average Bonchev–Trinajstić information content (AvgIpc) is 2.83. The molecule has 0 atom stereocenters. The van der Waals surface area contributed by atoms with Crippen LogP contribution in [-0.4, -0.2) is 55.2 Å². The molecule has 0 bridgehead atoms. The molecule has 0 unspecified atom stereocenters. The first-order chi connectivity index (χ1) is 12.4. The van der Waals surface area contributed by atoms with E-state index in [2.05, 4.69) is 44.7 Å². The van der Waals surface area contributed by atoms with E-state index in [0.717, 1.165) is 49.1 Å². The molecule has 7 heteroatoms. The number of benzene rings is 1. The Labute approximate surface area is 161 Å². The van der Waals surface area contributed by atoms with Gasteiger partial charge in [-0.2, -0.15) is 0 Å². The van der Waals surface area contributed by atoms with Crippen molar-refractivity contribution in [2.24, 2.45) is 0 Å². The highest BCUT2D eigenvalue weighted by atomic mass is 79.9. The number of likely N-dealkylation sites (N-methyl/N-ethyl adjacent to an activating group) is 1. The Bertz CT molecular complexity index is 729. The Balaban J connectivity index is 1.45. The number of carbonyl (C=O) groups is 1. The molecule has 2 aliphatic rings. The van der Waals surface area contributed by atoms with E-state index in [9.17, 15) is 9.18 Å². The second kappa shape index (κ2) is 8.22. The van der Waals surface area contributed by atoms with E-state index in [1.165, 1.54) is 17.8 Å². The van der Waals surface area contributed by atoms with Gasteiger partial charge in [0, 0.05) is 49.1 Å². The van der Waals surface area contributed by atoms with E-state index in [-0.39, 0.29) is 6.10 Å². The topological polar surface area (TPSA) is 44.8 Å². The Kier molecular flexibility index (Phi) is 5.98. The monoisotopic (exact) mass is 423 g/mol. The van der Waals surface area contributed by atoms with Crippen molar-refractivity contribution in [3.63, 3.8) is 0 Å². The number of halogens is 2. The molecule has 0 aliphatic carbocycles. The fourth-order valence-electron chi connectivity index (χ4n) is 3.27. The van der Waals surface area contributed by atoms with Gasteiger partial charge in [-0.15, -0.1) is 0 Å². The maximum absolute atomic E-state index is 13.2. The molecule has 0 spiro atoms. The van der Waals surface area contributed by atoms with Gasteiger partial charge in [-0.25, -0.2) is 9.18 Å². The van der Waals surface area contributed by atoms with Crippen LogP contribution in [0.25, 0.3) is 0 Å². The summed E-state index contributed by atoms with van der Waals surface area (Å²) in [6.07, 6.45) is 0.915. The highest BCUT2D eigenvalue weighted by Crippen LogP contribution is 2.31. The summed E-state index contributed by atoms with van der Waals surface area (Å²) in [5, 5.41) is 2.57. The zero-order valence-electron chi connectivity index (χ0n) is 14.8. The first kappa shape index (κ1) is 18.9. The fraction of sp³-hybridized carbons (Fsp3) is 0.421. The molecule has 0 aromatic heterocycles. The van der Waals surface area contributed by atoms with Gasteiger partial charge in [0.2, 0.25) is 0 Å². The quantitative estimate of drug-likeness (QED) is 0.796. The SMILES string of the molecule is C=C1CN(C)C(CN2CCC(OC(=O)Nc3cccc(F)c3)CC2)=C1Br. The third kappa shape index (κ3) is 4.65. The van der Waals surface area contributed by atoms with Crippen LogP contribution in [0, 0.1) is 5.82 Å². The van der Waals surface area contributed by atoms with Crippen LogP contribution in [0.1, 0.15) is 12.8 Å². The number of piperidine rings is 1. The maximum Gasteiger partial charge on any atom is 0.411 e. The van der Waals surface area contributed by atoms with Crippen LogP contribution in [0.4, 0.5) is 14.9 Å². The summed E-state index contributed by atoms with van der Waals surface area (Å²) >= 11 is 3.63. The minimum Gasteiger partial charge on any atom is -0.446 e. The summed E-state index contributed by atoms with van der Waals surface area (Å²) in [5.74, 6) is -0.392. The number of rotatable bonds is 4. The molecule has 1 aromatic carbocycles. The highest BCUT2D eigenvalue weighted by Gasteiger charge is 2.27. The third-order valence-electron chi connectivity index (χ3n) is 4.71. The van der Waals surface area contributed by atoms with Gasteiger partial charge in [0.1, 0.15) is 11.9 Å². The predicted molar refractivity (Wildman–Crippen MR) is 104 cm³/mol. The molecule has 1 aromatic rings. The number of amides is 1. The third-order valence-corrected chi connectivity index (χ3v) is 5.72. The smallest absolute Gasteiger partial charge is 0.411 e. The zero-order chi connectivity index (χ0) is 18.7. The van der Waals surface area contributed by atoms with Gasteiger partial charge in [0.15, 0.2) is 0 Å². The molecule has 1 N–H and O–H groups in total. The lowest BCUT2D eigenvalue weighted by Gasteiger charge is -2.33. The van der Waals surface area contributed by atoms with Crippen molar-refractivity contribution >= 4 is 27.7 Å². The number of likely N-dealkylation sites (tertiary alicyclic amines) is 1. The molecule has 140 valence electrons. The first-order valence-electron chi connectivity index (χ1n) is 8.66. The zero-order valence-corrected chi connectivity index (χ0v) is 16.4. The number of hydrogen-bond donors (Lipinski definition) is 1. The van der Waals surface area contributed by atoms with Crippen LogP contribution in [0.15, 0.2) is 46.6 Å². The summed E-state index contributed by atoms with van der Waals surface area (Å²) in [4.78, 5) is 16.5. The lowest BCUT2D eigenvalue weighted by Crippen LogP contribution is -2.40. The van der Waals surface area contributed by atoms with E-state index in [4.69, 9.17) is 4.74 Å². The predicted octanol–water partition coefficient (Wildman–Crippen LogP) is 3.95. The van der Waals surface area contributed by atoms with Crippen molar-refractivity contribution in [2.45, 2.75) is 18.9 Å². The molecular formula is C19H23BrFN3O2. The van der Waals surface area contributed by atoms with Gasteiger partial charge >= 0.3 is 6.09 Å². The normalized spacial score (nSPS) is 19.2. The van der Waals surface area contributed by atoms with Crippen molar-refractivity contribution in [1.29, 1.82) is 0 Å². The van der Waals surface area contributed by atoms with Gasteiger partial charge in [-0.1, -0.05) is 12.6 Å². The standard InChI is InChI=1S/C19H23BrFN3O2/c1-13-11-23(2)17(18(13)20)12-24-8-6-16(7-9-24)26-19(25)22-15-5-3-4-14(21)10-15/h3-5,10,16H,1,6-9,11-12H2,2H3,(H,22,25). The molecule has 2 heterocycles. The van der Waals surface area contributed by atoms with Crippen molar-refractivity contribution in [3.8, 4) is 0 Å². The van der Waals surface area contributed by atoms with Crippen LogP contribution in [0.2, 0.25) is 0 Å². The lowest BCUT2D eigenvalue weighted by molar-refractivity contribution is 0.0602. The number of anilines is 1.